The number of Topliss-reactive ketones (excluding diaryl/α,β-unsaturated/α-hetero) is 1. The second-order valence-corrected chi connectivity index (χ2v) is 10.4. The van der Waals surface area contributed by atoms with E-state index in [0.29, 0.717) is 40.4 Å². The summed E-state index contributed by atoms with van der Waals surface area (Å²) in [7, 11) is 0. The highest BCUT2D eigenvalue weighted by Crippen LogP contribution is 2.48. The summed E-state index contributed by atoms with van der Waals surface area (Å²) in [5.74, 6) is -0.0737. The number of aryl methyl sites for hydroxylation is 1. The number of fused-ring (bicyclic) bond motifs is 4. The van der Waals surface area contributed by atoms with Crippen LogP contribution in [0.5, 0.6) is 0 Å². The SMILES string of the molecule is Cc1ccc2cc(C3C4=C(CC(C)(C)CC4=O)n4c(=O)c5ccccc5c(=O)n43)c(Cl)nc2c1. The fourth-order valence-corrected chi connectivity index (χ4v) is 5.69. The molecule has 0 fully saturated rings. The van der Waals surface area contributed by atoms with E-state index >= 15 is 0 Å². The van der Waals surface area contributed by atoms with E-state index in [0.717, 1.165) is 16.5 Å². The molecule has 7 heteroatoms. The molecule has 3 heterocycles. The largest absolute Gasteiger partial charge is 0.294 e. The minimum atomic E-state index is -0.811. The highest BCUT2D eigenvalue weighted by Gasteiger charge is 2.45. The number of carbonyl (C=O) groups excluding carboxylic acids is 1. The smallest absolute Gasteiger partial charge is 0.277 e. The highest BCUT2D eigenvalue weighted by atomic mass is 35.5. The Kier molecular flexibility index (Phi) is 4.33. The molecule has 1 atom stereocenters. The van der Waals surface area contributed by atoms with Crippen LogP contribution in [-0.4, -0.2) is 20.1 Å². The number of nitrogens with zero attached hydrogens (tertiary/aromatic N) is 3. The van der Waals surface area contributed by atoms with Crippen molar-refractivity contribution in [1.82, 2.24) is 14.3 Å². The van der Waals surface area contributed by atoms with Crippen molar-refractivity contribution >= 4 is 44.8 Å². The molecule has 2 aromatic carbocycles. The normalized spacial score (nSPS) is 19.1. The molecule has 170 valence electrons. The van der Waals surface area contributed by atoms with Gasteiger partial charge in [0.15, 0.2) is 5.78 Å². The Hall–Kier alpha value is -3.51. The Bertz CT molecular complexity index is 1730. The summed E-state index contributed by atoms with van der Waals surface area (Å²) in [5.41, 5.74) is 2.40. The average molecular weight is 472 g/mol. The van der Waals surface area contributed by atoms with Gasteiger partial charge in [-0.25, -0.2) is 14.3 Å². The molecule has 0 N–H and O–H groups in total. The molecule has 0 amide bonds. The van der Waals surface area contributed by atoms with Crippen LogP contribution in [-0.2, 0) is 4.79 Å². The van der Waals surface area contributed by atoms with Crippen LogP contribution in [0.4, 0.5) is 0 Å². The predicted octanol–water partition coefficient (Wildman–Crippen LogP) is 4.88. The van der Waals surface area contributed by atoms with Crippen LogP contribution >= 0.6 is 11.6 Å². The van der Waals surface area contributed by atoms with Gasteiger partial charge in [-0.05, 0) is 48.6 Å². The molecule has 34 heavy (non-hydrogen) atoms. The first-order valence-electron chi connectivity index (χ1n) is 11.3. The summed E-state index contributed by atoms with van der Waals surface area (Å²) < 4.78 is 2.83. The van der Waals surface area contributed by atoms with Crippen LogP contribution in [0.1, 0.15) is 43.9 Å². The van der Waals surface area contributed by atoms with Gasteiger partial charge in [-0.3, -0.25) is 14.4 Å². The second-order valence-electron chi connectivity index (χ2n) is 10.1. The average Bonchev–Trinajstić information content (AvgIpc) is 3.11. The van der Waals surface area contributed by atoms with Crippen molar-refractivity contribution in [3.05, 3.63) is 91.1 Å². The number of hydrogen-bond donors (Lipinski definition) is 0. The first-order valence-corrected chi connectivity index (χ1v) is 11.6. The Labute approximate surface area is 200 Å². The molecule has 6 rings (SSSR count). The van der Waals surface area contributed by atoms with Crippen LogP contribution in [0, 0.1) is 12.3 Å². The molecule has 1 unspecified atom stereocenters. The number of halogens is 1. The first-order chi connectivity index (χ1) is 16.2. The molecular weight excluding hydrogens is 450 g/mol. The van der Waals surface area contributed by atoms with Crippen LogP contribution in [0.15, 0.2) is 63.7 Å². The van der Waals surface area contributed by atoms with Crippen molar-refractivity contribution in [2.75, 3.05) is 0 Å². The predicted molar refractivity (Wildman–Crippen MR) is 133 cm³/mol. The summed E-state index contributed by atoms with van der Waals surface area (Å²) in [6, 6.07) is 13.7. The van der Waals surface area contributed by atoms with Gasteiger partial charge in [-0.15, -0.1) is 0 Å². The van der Waals surface area contributed by atoms with Crippen molar-refractivity contribution in [3.8, 4) is 0 Å². The topological polar surface area (TPSA) is 74.0 Å². The third kappa shape index (κ3) is 2.88. The Morgan fingerprint density at radius 3 is 2.41 bits per heavy atom. The maximum absolute atomic E-state index is 13.8. The molecule has 0 saturated carbocycles. The standard InChI is InChI=1S/C27H22ClN3O3/c1-14-8-9-15-11-18(24(28)29-19(15)10-14)23-22-20(12-27(2,3)13-21(22)32)30-25(33)16-6-4-5-7-17(16)26(34)31(23)30/h4-11,23H,12-13H2,1-3H3. The third-order valence-corrected chi connectivity index (χ3v) is 7.22. The van der Waals surface area contributed by atoms with Crippen molar-refractivity contribution < 1.29 is 4.79 Å². The van der Waals surface area contributed by atoms with Crippen molar-refractivity contribution in [2.45, 2.75) is 39.7 Å². The lowest BCUT2D eigenvalue weighted by Gasteiger charge is -2.30. The first kappa shape index (κ1) is 21.1. The van der Waals surface area contributed by atoms with Crippen LogP contribution < -0.4 is 11.1 Å². The molecule has 0 saturated heterocycles. The monoisotopic (exact) mass is 471 g/mol. The third-order valence-electron chi connectivity index (χ3n) is 6.92. The van der Waals surface area contributed by atoms with Crippen LogP contribution in [0.2, 0.25) is 5.15 Å². The minimum absolute atomic E-state index is 0.0737. The Balaban J connectivity index is 1.74. The van der Waals surface area contributed by atoms with E-state index in [1.54, 1.807) is 24.3 Å². The van der Waals surface area contributed by atoms with E-state index in [2.05, 4.69) is 4.98 Å². The summed E-state index contributed by atoms with van der Waals surface area (Å²) in [4.78, 5) is 45.6. The van der Waals surface area contributed by atoms with Crippen molar-refractivity contribution in [1.29, 1.82) is 0 Å². The van der Waals surface area contributed by atoms with Crippen molar-refractivity contribution in [3.63, 3.8) is 0 Å². The van der Waals surface area contributed by atoms with Crippen molar-refractivity contribution in [2.24, 2.45) is 5.41 Å². The lowest BCUT2D eigenvalue weighted by Crippen LogP contribution is -2.37. The molecule has 1 aliphatic heterocycles. The number of pyridine rings is 1. The molecule has 6 nitrogen and oxygen atoms in total. The maximum atomic E-state index is 13.8. The molecule has 0 radical (unpaired) electrons. The van der Waals surface area contributed by atoms with Gasteiger partial charge in [0.2, 0.25) is 0 Å². The number of allylic oxidation sites excluding steroid dienone is 2. The lowest BCUT2D eigenvalue weighted by molar-refractivity contribution is -0.118. The summed E-state index contributed by atoms with van der Waals surface area (Å²) in [5, 5.41) is 1.73. The molecular formula is C27H22ClN3O3. The molecule has 1 aliphatic carbocycles. The van der Waals surface area contributed by atoms with Gasteiger partial charge in [-0.1, -0.05) is 49.7 Å². The fraction of sp³-hybridized carbons (Fsp3) is 0.259. The Morgan fingerprint density at radius 2 is 1.68 bits per heavy atom. The van der Waals surface area contributed by atoms with Gasteiger partial charge in [0.05, 0.1) is 22.0 Å². The quantitative estimate of drug-likeness (QED) is 0.371. The lowest BCUT2D eigenvalue weighted by atomic mass is 9.74. The molecule has 4 aromatic rings. The Morgan fingerprint density at radius 1 is 0.971 bits per heavy atom. The van der Waals surface area contributed by atoms with E-state index < -0.39 is 6.04 Å². The molecule has 0 spiro atoms. The zero-order valence-electron chi connectivity index (χ0n) is 19.1. The molecule has 0 bridgehead atoms. The van der Waals surface area contributed by atoms with Gasteiger partial charge in [0.1, 0.15) is 11.2 Å². The van der Waals surface area contributed by atoms with E-state index in [1.807, 2.05) is 45.0 Å². The number of rotatable bonds is 1. The number of hydrogen-bond acceptors (Lipinski definition) is 4. The zero-order chi connectivity index (χ0) is 23.9. The number of ketones is 1. The minimum Gasteiger partial charge on any atom is -0.294 e. The molecule has 2 aliphatic rings. The zero-order valence-corrected chi connectivity index (χ0v) is 19.8. The van der Waals surface area contributed by atoms with E-state index in [1.165, 1.54) is 9.36 Å². The summed E-state index contributed by atoms with van der Waals surface area (Å²) >= 11 is 6.70. The van der Waals surface area contributed by atoms with Gasteiger partial charge < -0.3 is 0 Å². The van der Waals surface area contributed by atoms with Gasteiger partial charge in [-0.2, -0.15) is 0 Å². The van der Waals surface area contributed by atoms with Crippen LogP contribution in [0.3, 0.4) is 0 Å². The second kappa shape index (κ2) is 7.00. The van der Waals surface area contributed by atoms with Gasteiger partial charge in [0.25, 0.3) is 11.1 Å². The maximum Gasteiger partial charge on any atom is 0.277 e. The number of benzene rings is 2. The van der Waals surface area contributed by atoms with Crippen LogP contribution in [0.25, 0.3) is 27.4 Å². The summed E-state index contributed by atoms with van der Waals surface area (Å²) in [6.45, 7) is 5.99. The fourth-order valence-electron chi connectivity index (χ4n) is 5.44. The highest BCUT2D eigenvalue weighted by molar-refractivity contribution is 6.30. The van der Waals surface area contributed by atoms with E-state index in [-0.39, 0.29) is 27.5 Å². The van der Waals surface area contributed by atoms with Gasteiger partial charge in [0, 0.05) is 22.9 Å². The van der Waals surface area contributed by atoms with Gasteiger partial charge >= 0.3 is 0 Å². The van der Waals surface area contributed by atoms with E-state index in [4.69, 9.17) is 11.6 Å². The molecule has 2 aromatic heterocycles. The number of aromatic nitrogens is 3. The summed E-state index contributed by atoms with van der Waals surface area (Å²) in [6.07, 6.45) is 0.831. The van der Waals surface area contributed by atoms with E-state index in [9.17, 15) is 14.4 Å². The number of carbonyl (C=O) groups is 1.